The maximum absolute atomic E-state index is 14.2. The van der Waals surface area contributed by atoms with Crippen LogP contribution in [0.5, 0.6) is 0 Å². The van der Waals surface area contributed by atoms with Gasteiger partial charge in [0.05, 0.1) is 11.8 Å². The van der Waals surface area contributed by atoms with Gasteiger partial charge in [0.25, 0.3) is 0 Å². The van der Waals surface area contributed by atoms with E-state index >= 15 is 0 Å². The number of nitrogens with one attached hydrogen (secondary N) is 1. The topological polar surface area (TPSA) is 59.4 Å². The van der Waals surface area contributed by atoms with Gasteiger partial charge in [-0.15, -0.1) is 0 Å². The van der Waals surface area contributed by atoms with Crippen molar-refractivity contribution >= 4 is 11.6 Å². The number of carbonyl (C=O) groups excluding carboxylic acids is 1. The van der Waals surface area contributed by atoms with Crippen molar-refractivity contribution in [3.63, 3.8) is 0 Å². The third-order valence-electron chi connectivity index (χ3n) is 6.44. The van der Waals surface area contributed by atoms with E-state index in [2.05, 4.69) is 22.0 Å². The Bertz CT molecular complexity index is 716. The third-order valence-corrected chi connectivity index (χ3v) is 6.44. The lowest BCUT2D eigenvalue weighted by Crippen LogP contribution is -2.47. The van der Waals surface area contributed by atoms with E-state index in [0.717, 1.165) is 76.4 Å². The number of nitriles is 1. The van der Waals surface area contributed by atoms with E-state index in [1.165, 1.54) is 12.0 Å². The second-order valence-electron chi connectivity index (χ2n) is 8.38. The van der Waals surface area contributed by atoms with Crippen molar-refractivity contribution in [1.29, 1.82) is 5.26 Å². The van der Waals surface area contributed by atoms with Crippen molar-refractivity contribution < 1.29 is 9.18 Å². The summed E-state index contributed by atoms with van der Waals surface area (Å²) >= 11 is 0. The summed E-state index contributed by atoms with van der Waals surface area (Å²) in [5.74, 6) is 0.458. The minimum atomic E-state index is -0.144. The number of benzene rings is 1. The molecule has 1 saturated carbocycles. The van der Waals surface area contributed by atoms with Crippen LogP contribution in [0, 0.1) is 23.1 Å². The summed E-state index contributed by atoms with van der Waals surface area (Å²) in [5, 5.41) is 11.6. The van der Waals surface area contributed by atoms with Crippen LogP contribution in [-0.4, -0.2) is 49.6 Å². The molecule has 0 bridgehead atoms. The number of hydrogen-bond donors (Lipinski definition) is 1. The Morgan fingerprint density at radius 3 is 2.59 bits per heavy atom. The number of carbonyl (C=O) groups is 1. The molecule has 0 unspecified atom stereocenters. The van der Waals surface area contributed by atoms with Crippen LogP contribution in [0.4, 0.5) is 10.1 Å². The number of nitrogens with zero attached hydrogens (tertiary/aromatic N) is 3. The maximum atomic E-state index is 14.2. The van der Waals surface area contributed by atoms with Crippen molar-refractivity contribution in [2.24, 2.45) is 5.92 Å². The predicted molar refractivity (Wildman–Crippen MR) is 113 cm³/mol. The molecule has 1 N–H and O–H groups in total. The van der Waals surface area contributed by atoms with Gasteiger partial charge < -0.3 is 10.2 Å². The summed E-state index contributed by atoms with van der Waals surface area (Å²) in [6.45, 7) is 6.92. The zero-order chi connectivity index (χ0) is 20.6. The van der Waals surface area contributed by atoms with Crippen LogP contribution < -0.4 is 10.2 Å². The Labute approximate surface area is 173 Å². The molecule has 5 nitrogen and oxygen atoms in total. The van der Waals surface area contributed by atoms with Crippen molar-refractivity contribution in [3.05, 3.63) is 29.6 Å². The summed E-state index contributed by atoms with van der Waals surface area (Å²) < 4.78 is 14.2. The van der Waals surface area contributed by atoms with E-state index in [1.54, 1.807) is 6.07 Å². The second kappa shape index (κ2) is 10.6. The lowest BCUT2D eigenvalue weighted by molar-refractivity contribution is -0.121. The molecule has 1 aliphatic heterocycles. The number of rotatable bonds is 7. The average Bonchev–Trinajstić information content (AvgIpc) is 2.74. The van der Waals surface area contributed by atoms with Crippen molar-refractivity contribution in [2.75, 3.05) is 37.6 Å². The molecule has 0 aromatic heterocycles. The normalized spacial score (nSPS) is 22.9. The Morgan fingerprint density at radius 2 is 1.93 bits per heavy atom. The van der Waals surface area contributed by atoms with Crippen LogP contribution in [0.25, 0.3) is 0 Å². The predicted octanol–water partition coefficient (Wildman–Crippen LogP) is 3.49. The van der Waals surface area contributed by atoms with Crippen molar-refractivity contribution in [2.45, 2.75) is 57.9 Å². The first kappa shape index (κ1) is 21.6. The summed E-state index contributed by atoms with van der Waals surface area (Å²) in [6.07, 6.45) is 6.40. The van der Waals surface area contributed by atoms with Gasteiger partial charge in [-0.1, -0.05) is 13.0 Å². The molecule has 1 amide bonds. The highest BCUT2D eigenvalue weighted by Crippen LogP contribution is 2.28. The van der Waals surface area contributed by atoms with E-state index in [-0.39, 0.29) is 24.2 Å². The molecule has 29 heavy (non-hydrogen) atoms. The molecule has 1 saturated heterocycles. The number of piperazine rings is 1. The lowest BCUT2D eigenvalue weighted by Gasteiger charge is -2.37. The molecule has 0 spiro atoms. The van der Waals surface area contributed by atoms with E-state index < -0.39 is 0 Å². The number of anilines is 1. The number of hydrogen-bond acceptors (Lipinski definition) is 4. The molecular formula is C23H33FN4O. The van der Waals surface area contributed by atoms with Gasteiger partial charge in [0.2, 0.25) is 5.91 Å². The van der Waals surface area contributed by atoms with Crippen molar-refractivity contribution in [3.8, 4) is 6.07 Å². The molecule has 2 aliphatic rings. The van der Waals surface area contributed by atoms with Gasteiger partial charge in [0.1, 0.15) is 12.2 Å². The highest BCUT2D eigenvalue weighted by atomic mass is 19.1. The Morgan fingerprint density at radius 1 is 1.21 bits per heavy atom. The van der Waals surface area contributed by atoms with Gasteiger partial charge in [-0.05, 0) is 68.7 Å². The Balaban J connectivity index is 1.37. The Kier molecular flexibility index (Phi) is 7.88. The first-order valence-corrected chi connectivity index (χ1v) is 11.0. The molecule has 0 radical (unpaired) electrons. The fourth-order valence-electron chi connectivity index (χ4n) is 4.54. The first-order valence-electron chi connectivity index (χ1n) is 11.0. The average molecular weight is 401 g/mol. The zero-order valence-corrected chi connectivity index (χ0v) is 17.5. The number of amides is 1. The van der Waals surface area contributed by atoms with Gasteiger partial charge in [-0.25, -0.2) is 4.39 Å². The van der Waals surface area contributed by atoms with E-state index in [9.17, 15) is 9.18 Å². The summed E-state index contributed by atoms with van der Waals surface area (Å²) in [4.78, 5) is 16.2. The van der Waals surface area contributed by atoms with Crippen molar-refractivity contribution in [1.82, 2.24) is 10.2 Å². The van der Waals surface area contributed by atoms with Gasteiger partial charge in [-0.3, -0.25) is 9.69 Å². The van der Waals surface area contributed by atoms with Crippen LogP contribution >= 0.6 is 0 Å². The summed E-state index contributed by atoms with van der Waals surface area (Å²) in [6, 6.07) is 7.61. The van der Waals surface area contributed by atoms with Crippen LogP contribution in [-0.2, 0) is 11.2 Å². The minimum Gasteiger partial charge on any atom is -0.367 e. The fraction of sp³-hybridized carbons (Fsp3) is 0.652. The molecule has 1 aromatic carbocycles. The van der Waals surface area contributed by atoms with E-state index in [4.69, 9.17) is 5.26 Å². The monoisotopic (exact) mass is 400 g/mol. The molecule has 1 aliphatic carbocycles. The quantitative estimate of drug-likeness (QED) is 0.761. The van der Waals surface area contributed by atoms with E-state index in [1.807, 2.05) is 18.2 Å². The molecule has 158 valence electrons. The van der Waals surface area contributed by atoms with Gasteiger partial charge in [-0.2, -0.15) is 5.26 Å². The first-order chi connectivity index (χ1) is 14.1. The minimum absolute atomic E-state index is 0.0431. The SMILES string of the molecule is CCc1ccc(F)c(N2CCN(CCC3CCC(NC(=O)CC#N)CC3)CC2)c1. The molecule has 0 atom stereocenters. The fourth-order valence-corrected chi connectivity index (χ4v) is 4.54. The molecule has 1 heterocycles. The molecule has 3 rings (SSSR count). The van der Waals surface area contributed by atoms with Crippen LogP contribution in [0.3, 0.4) is 0 Å². The van der Waals surface area contributed by atoms with Crippen LogP contribution in [0.15, 0.2) is 18.2 Å². The third kappa shape index (κ3) is 6.17. The number of aryl methyl sites for hydroxylation is 1. The largest absolute Gasteiger partial charge is 0.367 e. The summed E-state index contributed by atoms with van der Waals surface area (Å²) in [5.41, 5.74) is 1.93. The molecule has 2 fully saturated rings. The maximum Gasteiger partial charge on any atom is 0.234 e. The van der Waals surface area contributed by atoms with E-state index in [0.29, 0.717) is 0 Å². The van der Waals surface area contributed by atoms with Crippen LogP contribution in [0.1, 0.15) is 51.0 Å². The molecule has 1 aromatic rings. The molecular weight excluding hydrogens is 367 g/mol. The van der Waals surface area contributed by atoms with Gasteiger partial charge >= 0.3 is 0 Å². The smallest absolute Gasteiger partial charge is 0.234 e. The summed E-state index contributed by atoms with van der Waals surface area (Å²) in [7, 11) is 0. The van der Waals surface area contributed by atoms with Gasteiger partial charge in [0.15, 0.2) is 0 Å². The zero-order valence-electron chi connectivity index (χ0n) is 17.5. The highest BCUT2D eigenvalue weighted by molar-refractivity contribution is 5.78. The van der Waals surface area contributed by atoms with Gasteiger partial charge in [0, 0.05) is 32.2 Å². The standard InChI is InChI=1S/C23H33FN4O/c1-2-18-5-8-21(24)22(17-18)28-15-13-27(14-16-28)12-10-19-3-6-20(7-4-19)26-23(29)9-11-25/h5,8,17,19-20H,2-4,6-7,9-10,12-16H2,1H3,(H,26,29). The molecule has 6 heteroatoms. The highest BCUT2D eigenvalue weighted by Gasteiger charge is 2.24. The lowest BCUT2D eigenvalue weighted by atomic mass is 9.84. The number of halogens is 1. The second-order valence-corrected chi connectivity index (χ2v) is 8.38. The van der Waals surface area contributed by atoms with Crippen LogP contribution in [0.2, 0.25) is 0 Å². The Hall–Kier alpha value is -2.13.